The Balaban J connectivity index is 0. The molecule has 12 heteroatoms. The van der Waals surface area contributed by atoms with Crippen molar-refractivity contribution < 1.29 is 78.4 Å². The molecule has 31 heavy (non-hydrogen) atoms. The van der Waals surface area contributed by atoms with Gasteiger partial charge in [-0.05, 0) is 24.6 Å². The molecule has 0 aliphatic heterocycles. The first-order chi connectivity index (χ1) is 13.7. The molecule has 0 heterocycles. The number of ether oxygens (including phenoxy) is 1. The summed E-state index contributed by atoms with van der Waals surface area (Å²) in [6.45, 7) is 4.46. The number of hydrogen-bond donors (Lipinski definition) is 4. The molecule has 1 aromatic carbocycles. The molecule has 3 unspecified atom stereocenters. The quantitative estimate of drug-likeness (QED) is 0.121. The molecule has 0 aromatic heterocycles. The van der Waals surface area contributed by atoms with Crippen LogP contribution >= 0.6 is 12.6 Å². The van der Waals surface area contributed by atoms with E-state index in [4.69, 9.17) is 4.74 Å². The monoisotopic (exact) mass is 710 g/mol. The predicted molar refractivity (Wildman–Crippen MR) is 108 cm³/mol. The van der Waals surface area contributed by atoms with E-state index in [0.717, 1.165) is 0 Å². The average Bonchev–Trinajstić information content (AvgIpc) is 2.67. The molecular formula is C19H23N3O6SUV-2. The molecule has 3 N–H and O–H groups in total. The summed E-state index contributed by atoms with van der Waals surface area (Å²) in [6, 6.07) is 3.71. The Bertz CT molecular complexity index is 766. The van der Waals surface area contributed by atoms with E-state index in [-0.39, 0.29) is 61.8 Å². The molecule has 0 spiro atoms. The maximum Gasteiger partial charge on any atom is 0.333 e. The molecule has 0 fully saturated rings. The van der Waals surface area contributed by atoms with Crippen LogP contribution in [-0.4, -0.2) is 47.4 Å². The third-order valence-electron chi connectivity index (χ3n) is 3.71. The van der Waals surface area contributed by atoms with E-state index in [1.165, 1.54) is 39.3 Å². The van der Waals surface area contributed by atoms with Crippen molar-refractivity contribution >= 4 is 41.9 Å². The second kappa shape index (κ2) is 16.3. The first-order valence-corrected chi connectivity index (χ1v) is 9.19. The number of carbonyl (C=O) groups excluding carboxylic acids is 5. The summed E-state index contributed by atoms with van der Waals surface area (Å²) in [7, 11) is 0. The van der Waals surface area contributed by atoms with E-state index in [0.29, 0.717) is 5.56 Å². The summed E-state index contributed by atoms with van der Waals surface area (Å²) < 4.78 is 5.15. The standard InChI is InChI=1S/C19H23N3O6S.U.V/c1-4-16(24)22-15(17(25)20-11(2)10-23)9-13-5-7-14(8-6-13)28-18(26)12(3)21-19(27)29;;/h4-8,11-12,15H,9H2,1-3H3,(H,20,25)(H,22,24)(H2,21,27,29);;/q-2;;. The van der Waals surface area contributed by atoms with Crippen molar-refractivity contribution in [2.45, 2.75) is 45.3 Å². The van der Waals surface area contributed by atoms with E-state index < -0.39 is 41.1 Å². The van der Waals surface area contributed by atoms with Crippen molar-refractivity contribution in [3.63, 3.8) is 0 Å². The van der Waals surface area contributed by atoms with Crippen LogP contribution in [0.2, 0.25) is 0 Å². The minimum absolute atomic E-state index is 0. The third kappa shape index (κ3) is 12.3. The number of benzene rings is 1. The van der Waals surface area contributed by atoms with Gasteiger partial charge in [-0.1, -0.05) is 37.7 Å². The second-order valence-electron chi connectivity index (χ2n) is 6.14. The zero-order valence-electron chi connectivity index (χ0n) is 17.2. The van der Waals surface area contributed by atoms with E-state index in [1.807, 2.05) is 0 Å². The molecule has 0 bridgehead atoms. The molecule has 0 saturated carbocycles. The minimum Gasteiger partial charge on any atom is -0.540 e. The topological polar surface area (TPSA) is 131 Å². The van der Waals surface area contributed by atoms with E-state index in [2.05, 4.69) is 28.6 Å². The molecule has 0 saturated heterocycles. The van der Waals surface area contributed by atoms with Crippen LogP contribution in [0, 0.1) is 37.5 Å². The molecular weight excluding hydrogens is 687 g/mol. The van der Waals surface area contributed by atoms with Gasteiger partial charge in [0.1, 0.15) is 17.8 Å². The van der Waals surface area contributed by atoms with Gasteiger partial charge in [0.25, 0.3) is 5.24 Å². The van der Waals surface area contributed by atoms with Gasteiger partial charge in [0.2, 0.25) is 5.91 Å². The van der Waals surface area contributed by atoms with E-state index in [9.17, 15) is 24.0 Å². The largest absolute Gasteiger partial charge is 0.540 e. The third-order valence-corrected chi connectivity index (χ3v) is 3.83. The van der Waals surface area contributed by atoms with Crippen LogP contribution in [0.25, 0.3) is 0 Å². The SMILES string of the molecule is C[CH-]C(=O)NC(Cc1ccc(OC(=O)C(C)NC(=O)S)cc1)C(=O)NC(C)[C-]=O.[U].[V]. The molecule has 3 amide bonds. The Morgan fingerprint density at radius 1 is 1.10 bits per heavy atom. The van der Waals surface area contributed by atoms with E-state index in [1.54, 1.807) is 18.4 Å². The fourth-order valence-electron chi connectivity index (χ4n) is 2.19. The number of rotatable bonds is 10. The number of amides is 3. The molecule has 0 aliphatic rings. The number of carbonyl (C=O) groups is 4. The van der Waals surface area contributed by atoms with Gasteiger partial charge in [0, 0.05) is 56.1 Å². The van der Waals surface area contributed by atoms with Crippen LogP contribution in [-0.2, 0) is 44.2 Å². The number of thiol groups is 1. The summed E-state index contributed by atoms with van der Waals surface area (Å²) in [4.78, 5) is 57.4. The normalized spacial score (nSPS) is 12.4. The summed E-state index contributed by atoms with van der Waals surface area (Å²) >= 11 is 3.53. The van der Waals surface area contributed by atoms with Gasteiger partial charge in [-0.3, -0.25) is 9.59 Å². The van der Waals surface area contributed by atoms with Gasteiger partial charge < -0.3 is 36.7 Å². The van der Waals surface area contributed by atoms with Gasteiger partial charge in [-0.25, -0.2) is 11.1 Å². The zero-order valence-corrected chi connectivity index (χ0v) is 23.6. The Morgan fingerprint density at radius 3 is 2.16 bits per heavy atom. The first kappa shape index (κ1) is 31.8. The van der Waals surface area contributed by atoms with Crippen LogP contribution in [0.3, 0.4) is 0 Å². The molecule has 0 aliphatic carbocycles. The van der Waals surface area contributed by atoms with Gasteiger partial charge in [0.05, 0.1) is 5.91 Å². The fraction of sp³-hybridized carbons (Fsp3) is 0.368. The first-order valence-electron chi connectivity index (χ1n) is 8.74. The molecule has 9 nitrogen and oxygen atoms in total. The number of nitrogens with one attached hydrogen (secondary N) is 3. The Kier molecular flexibility index (Phi) is 16.7. The molecule has 1 radical (unpaired) electrons. The maximum atomic E-state index is 12.3. The van der Waals surface area contributed by atoms with Crippen molar-refractivity contribution in [1.82, 2.24) is 16.0 Å². The molecule has 3 atom stereocenters. The average molecular weight is 710 g/mol. The zero-order chi connectivity index (χ0) is 22.0. The second-order valence-corrected chi connectivity index (χ2v) is 6.54. The fourth-order valence-corrected chi connectivity index (χ4v) is 2.38. The van der Waals surface area contributed by atoms with Crippen molar-refractivity contribution in [2.24, 2.45) is 0 Å². The molecule has 167 valence electrons. The van der Waals surface area contributed by atoms with Crippen LogP contribution < -0.4 is 20.7 Å². The van der Waals surface area contributed by atoms with Gasteiger partial charge >= 0.3 is 5.97 Å². The summed E-state index contributed by atoms with van der Waals surface area (Å²) in [5.41, 5.74) is 0.681. The van der Waals surface area contributed by atoms with Crippen molar-refractivity contribution in [2.75, 3.05) is 0 Å². The molecule has 1 aromatic rings. The van der Waals surface area contributed by atoms with E-state index >= 15 is 0 Å². The van der Waals surface area contributed by atoms with Gasteiger partial charge in [-0.15, -0.1) is 0 Å². The van der Waals surface area contributed by atoms with Crippen molar-refractivity contribution in [3.8, 4) is 5.75 Å². The van der Waals surface area contributed by atoms with Gasteiger partial charge in [0.15, 0.2) is 0 Å². The van der Waals surface area contributed by atoms with Gasteiger partial charge in [-0.2, -0.15) is 6.92 Å². The Labute approximate surface area is 222 Å². The smallest absolute Gasteiger partial charge is 0.333 e. The number of hydrogen-bond acceptors (Lipinski definition) is 6. The van der Waals surface area contributed by atoms with Crippen molar-refractivity contribution in [1.29, 1.82) is 0 Å². The Hall–Kier alpha value is -1.37. The summed E-state index contributed by atoms with van der Waals surface area (Å²) in [5, 5.41) is 6.64. The molecule has 1 rings (SSSR count). The maximum absolute atomic E-state index is 12.3. The number of esters is 1. The van der Waals surface area contributed by atoms with Crippen LogP contribution in [0.15, 0.2) is 24.3 Å². The van der Waals surface area contributed by atoms with Crippen LogP contribution in [0.1, 0.15) is 26.3 Å². The van der Waals surface area contributed by atoms with Crippen LogP contribution in [0.4, 0.5) is 4.79 Å². The predicted octanol–water partition coefficient (Wildman–Crippen LogP) is 0.483. The Morgan fingerprint density at radius 2 is 1.68 bits per heavy atom. The summed E-state index contributed by atoms with van der Waals surface area (Å²) in [6.07, 6.45) is 3.08. The van der Waals surface area contributed by atoms with Crippen molar-refractivity contribution in [3.05, 3.63) is 36.2 Å². The van der Waals surface area contributed by atoms with Crippen LogP contribution in [0.5, 0.6) is 5.75 Å². The summed E-state index contributed by atoms with van der Waals surface area (Å²) in [5.74, 6) is -1.38. The minimum atomic E-state index is -0.909.